The van der Waals surface area contributed by atoms with Gasteiger partial charge in [0.05, 0.1) is 0 Å². The summed E-state index contributed by atoms with van der Waals surface area (Å²) in [5, 5.41) is 5.73. The van der Waals surface area contributed by atoms with Crippen molar-refractivity contribution >= 4 is 39.0 Å². The van der Waals surface area contributed by atoms with Crippen LogP contribution in [0.1, 0.15) is 25.1 Å². The summed E-state index contributed by atoms with van der Waals surface area (Å²) in [6.07, 6.45) is 2.43. The number of hydrogen-bond acceptors (Lipinski definition) is 3. The Bertz CT molecular complexity index is 288. The van der Waals surface area contributed by atoms with Crippen molar-refractivity contribution in [2.24, 2.45) is 0 Å². The molecular weight excluding hydrogens is 302 g/mol. The van der Waals surface area contributed by atoms with E-state index in [9.17, 15) is 0 Å². The van der Waals surface area contributed by atoms with Gasteiger partial charge in [-0.25, -0.2) is 0 Å². The Morgan fingerprint density at radius 2 is 2.31 bits per heavy atom. The third kappa shape index (κ3) is 5.71. The van der Waals surface area contributed by atoms with E-state index in [1.165, 1.54) is 27.3 Å². The maximum absolute atomic E-state index is 3.57. The smallest absolute Gasteiger partial charge is 0.0285 e. The fourth-order valence-corrected chi connectivity index (χ4v) is 4.06. The highest BCUT2D eigenvalue weighted by atomic mass is 79.9. The third-order valence-electron chi connectivity index (χ3n) is 2.23. The molecule has 0 fully saturated rings. The minimum Gasteiger partial charge on any atom is -0.313 e. The maximum atomic E-state index is 3.57. The molecule has 1 nitrogen and oxygen atoms in total. The molecule has 0 radical (unpaired) electrons. The van der Waals surface area contributed by atoms with Crippen LogP contribution in [-0.2, 0) is 6.42 Å². The lowest BCUT2D eigenvalue weighted by Crippen LogP contribution is -2.33. The van der Waals surface area contributed by atoms with Crippen LogP contribution in [0.15, 0.2) is 15.9 Å². The Morgan fingerprint density at radius 3 is 2.88 bits per heavy atom. The molecule has 1 N–H and O–H groups in total. The fourth-order valence-electron chi connectivity index (χ4n) is 1.55. The van der Waals surface area contributed by atoms with Crippen LogP contribution in [0, 0.1) is 0 Å². The summed E-state index contributed by atoms with van der Waals surface area (Å²) >= 11 is 7.41. The summed E-state index contributed by atoms with van der Waals surface area (Å²) in [4.78, 5) is 1.47. The maximum Gasteiger partial charge on any atom is 0.0285 e. The van der Waals surface area contributed by atoms with E-state index in [2.05, 4.69) is 58.3 Å². The Balaban J connectivity index is 2.37. The fraction of sp³-hybridized carbons (Fsp3) is 0.667. The lowest BCUT2D eigenvalue weighted by atomic mass is 10.2. The van der Waals surface area contributed by atoms with E-state index in [0.29, 0.717) is 6.04 Å². The highest BCUT2D eigenvalue weighted by molar-refractivity contribution is 9.10. The number of hydrogen-bond donors (Lipinski definition) is 1. The van der Waals surface area contributed by atoms with Crippen LogP contribution in [-0.4, -0.2) is 24.1 Å². The van der Waals surface area contributed by atoms with Crippen molar-refractivity contribution in [2.75, 3.05) is 18.1 Å². The predicted octanol–water partition coefficient (Wildman–Crippen LogP) is 4.17. The van der Waals surface area contributed by atoms with Gasteiger partial charge in [-0.15, -0.1) is 11.3 Å². The van der Waals surface area contributed by atoms with Crippen molar-refractivity contribution < 1.29 is 0 Å². The first-order valence-electron chi connectivity index (χ1n) is 5.80. The lowest BCUT2D eigenvalue weighted by Gasteiger charge is -2.16. The van der Waals surface area contributed by atoms with Crippen molar-refractivity contribution in [3.8, 4) is 0 Å². The largest absolute Gasteiger partial charge is 0.313 e. The van der Waals surface area contributed by atoms with Gasteiger partial charge in [0.1, 0.15) is 0 Å². The second kappa shape index (κ2) is 8.56. The Labute approximate surface area is 116 Å². The number of nitrogens with one attached hydrogen (secondary N) is 1. The number of thioether (sulfide) groups is 1. The van der Waals surface area contributed by atoms with Crippen LogP contribution >= 0.6 is 39.0 Å². The van der Waals surface area contributed by atoms with Crippen LogP contribution in [0.3, 0.4) is 0 Å². The van der Waals surface area contributed by atoms with E-state index >= 15 is 0 Å². The second-order valence-electron chi connectivity index (χ2n) is 3.76. The zero-order valence-electron chi connectivity index (χ0n) is 9.96. The Kier molecular flexibility index (Phi) is 7.79. The molecule has 0 amide bonds. The molecule has 0 aliphatic carbocycles. The molecule has 1 aromatic heterocycles. The standard InChI is InChI=1S/C12H20BrNS2/c1-3-5-15-9-11(14-4-2)7-12-6-10(13)8-16-12/h6,8,11,14H,3-5,7,9H2,1-2H3. The molecule has 92 valence electrons. The molecule has 1 aromatic rings. The first-order valence-corrected chi connectivity index (χ1v) is 8.63. The molecule has 1 rings (SSSR count). The summed E-state index contributed by atoms with van der Waals surface area (Å²) in [5.41, 5.74) is 0. The molecule has 0 bridgehead atoms. The van der Waals surface area contributed by atoms with Gasteiger partial charge < -0.3 is 5.32 Å². The van der Waals surface area contributed by atoms with Crippen LogP contribution in [0.5, 0.6) is 0 Å². The van der Waals surface area contributed by atoms with E-state index < -0.39 is 0 Å². The first-order chi connectivity index (χ1) is 7.76. The SMILES string of the molecule is CCCSCC(Cc1cc(Br)cs1)NCC. The average molecular weight is 322 g/mol. The van der Waals surface area contributed by atoms with Crippen molar-refractivity contribution in [3.63, 3.8) is 0 Å². The van der Waals surface area contributed by atoms with Crippen molar-refractivity contribution in [1.29, 1.82) is 0 Å². The van der Waals surface area contributed by atoms with Crippen LogP contribution in [0.25, 0.3) is 0 Å². The van der Waals surface area contributed by atoms with Gasteiger partial charge in [0, 0.05) is 26.5 Å². The van der Waals surface area contributed by atoms with Crippen molar-refractivity contribution in [1.82, 2.24) is 5.32 Å². The molecule has 0 aliphatic heterocycles. The summed E-state index contributed by atoms with van der Waals surface area (Å²) in [6, 6.07) is 2.85. The number of halogens is 1. The number of likely N-dealkylation sites (N-methyl/N-ethyl adjacent to an activating group) is 1. The average Bonchev–Trinajstić information content (AvgIpc) is 2.65. The summed E-state index contributed by atoms with van der Waals surface area (Å²) in [6.45, 7) is 5.48. The molecule has 0 saturated heterocycles. The van der Waals surface area contributed by atoms with E-state index in [0.717, 1.165) is 13.0 Å². The van der Waals surface area contributed by atoms with E-state index in [4.69, 9.17) is 0 Å². The molecule has 1 unspecified atom stereocenters. The second-order valence-corrected chi connectivity index (χ2v) is 6.83. The number of thiophene rings is 1. The summed E-state index contributed by atoms with van der Waals surface area (Å²) < 4.78 is 1.21. The molecule has 0 spiro atoms. The normalized spacial score (nSPS) is 12.9. The van der Waals surface area contributed by atoms with Gasteiger partial charge in [0.2, 0.25) is 0 Å². The van der Waals surface area contributed by atoms with Crippen LogP contribution < -0.4 is 5.32 Å². The van der Waals surface area contributed by atoms with Gasteiger partial charge >= 0.3 is 0 Å². The predicted molar refractivity (Wildman–Crippen MR) is 80.8 cm³/mol. The quantitative estimate of drug-likeness (QED) is 0.721. The highest BCUT2D eigenvalue weighted by Gasteiger charge is 2.09. The molecule has 16 heavy (non-hydrogen) atoms. The molecule has 0 aromatic carbocycles. The molecule has 1 atom stereocenters. The van der Waals surface area contributed by atoms with Gasteiger partial charge in [-0.1, -0.05) is 13.8 Å². The number of rotatable bonds is 8. The lowest BCUT2D eigenvalue weighted by molar-refractivity contribution is 0.576. The first kappa shape index (κ1) is 14.6. The minimum absolute atomic E-state index is 0.618. The molecule has 0 saturated carbocycles. The van der Waals surface area contributed by atoms with Gasteiger partial charge in [0.25, 0.3) is 0 Å². The van der Waals surface area contributed by atoms with E-state index in [1.807, 2.05) is 11.3 Å². The third-order valence-corrected chi connectivity index (χ3v) is 5.28. The molecule has 1 heterocycles. The van der Waals surface area contributed by atoms with E-state index in [-0.39, 0.29) is 0 Å². The monoisotopic (exact) mass is 321 g/mol. The highest BCUT2D eigenvalue weighted by Crippen LogP contribution is 2.21. The van der Waals surface area contributed by atoms with Gasteiger partial charge in [-0.05, 0) is 47.1 Å². The molecular formula is C12H20BrNS2. The van der Waals surface area contributed by atoms with E-state index in [1.54, 1.807) is 0 Å². The minimum atomic E-state index is 0.618. The molecule has 4 heteroatoms. The zero-order chi connectivity index (χ0) is 11.8. The summed E-state index contributed by atoms with van der Waals surface area (Å²) in [5.74, 6) is 2.49. The van der Waals surface area contributed by atoms with Gasteiger partial charge in [0.15, 0.2) is 0 Å². The summed E-state index contributed by atoms with van der Waals surface area (Å²) in [7, 11) is 0. The Morgan fingerprint density at radius 1 is 1.50 bits per heavy atom. The Hall–Kier alpha value is 0.490. The van der Waals surface area contributed by atoms with Gasteiger partial charge in [-0.2, -0.15) is 11.8 Å². The van der Waals surface area contributed by atoms with Crippen LogP contribution in [0.2, 0.25) is 0 Å². The zero-order valence-corrected chi connectivity index (χ0v) is 13.2. The van der Waals surface area contributed by atoms with Crippen molar-refractivity contribution in [2.45, 2.75) is 32.7 Å². The van der Waals surface area contributed by atoms with Crippen LogP contribution in [0.4, 0.5) is 0 Å². The topological polar surface area (TPSA) is 12.0 Å². The van der Waals surface area contributed by atoms with Gasteiger partial charge in [-0.3, -0.25) is 0 Å². The van der Waals surface area contributed by atoms with Crippen molar-refractivity contribution in [3.05, 3.63) is 20.8 Å². The molecule has 0 aliphatic rings.